The lowest BCUT2D eigenvalue weighted by Crippen LogP contribution is -2.26. The molecule has 2 aromatic rings. The SMILES string of the molecule is CC(NC(=O)c1cscn1)c1cccc([N+](=O)[O-])c1. The van der Waals surface area contributed by atoms with Crippen LogP contribution in [0.1, 0.15) is 29.0 Å². The molecule has 0 fully saturated rings. The Bertz CT molecular complexity index is 598. The van der Waals surface area contributed by atoms with Crippen LogP contribution >= 0.6 is 11.3 Å². The first-order valence-electron chi connectivity index (χ1n) is 5.51. The molecule has 6 nitrogen and oxygen atoms in total. The second kappa shape index (κ2) is 5.57. The predicted octanol–water partition coefficient (Wildman–Crippen LogP) is 2.54. The van der Waals surface area contributed by atoms with E-state index in [1.54, 1.807) is 29.9 Å². The number of hydrogen-bond acceptors (Lipinski definition) is 5. The topological polar surface area (TPSA) is 85.1 Å². The molecular weight excluding hydrogens is 266 g/mol. The van der Waals surface area contributed by atoms with Crippen molar-refractivity contribution < 1.29 is 9.72 Å². The zero-order chi connectivity index (χ0) is 13.8. The third kappa shape index (κ3) is 3.14. The van der Waals surface area contributed by atoms with Crippen molar-refractivity contribution in [1.29, 1.82) is 0 Å². The van der Waals surface area contributed by atoms with E-state index in [4.69, 9.17) is 0 Å². The van der Waals surface area contributed by atoms with Crippen molar-refractivity contribution in [3.8, 4) is 0 Å². The molecule has 0 aliphatic carbocycles. The van der Waals surface area contributed by atoms with Gasteiger partial charge in [0, 0.05) is 17.5 Å². The average molecular weight is 277 g/mol. The van der Waals surface area contributed by atoms with Crippen molar-refractivity contribution in [1.82, 2.24) is 10.3 Å². The minimum absolute atomic E-state index is 0.00672. The molecule has 7 heteroatoms. The van der Waals surface area contributed by atoms with Crippen molar-refractivity contribution in [2.45, 2.75) is 13.0 Å². The summed E-state index contributed by atoms with van der Waals surface area (Å²) in [5, 5.41) is 15.1. The van der Waals surface area contributed by atoms with Gasteiger partial charge < -0.3 is 5.32 Å². The zero-order valence-electron chi connectivity index (χ0n) is 10.1. The first kappa shape index (κ1) is 13.2. The Morgan fingerprint density at radius 3 is 2.95 bits per heavy atom. The molecular formula is C12H11N3O3S. The van der Waals surface area contributed by atoms with E-state index in [0.29, 0.717) is 11.3 Å². The second-order valence-electron chi connectivity index (χ2n) is 3.92. The van der Waals surface area contributed by atoms with Crippen molar-refractivity contribution in [2.75, 3.05) is 0 Å². The number of hydrogen-bond donors (Lipinski definition) is 1. The van der Waals surface area contributed by atoms with Gasteiger partial charge in [-0.1, -0.05) is 12.1 Å². The van der Waals surface area contributed by atoms with Crippen LogP contribution in [0.4, 0.5) is 5.69 Å². The second-order valence-corrected chi connectivity index (χ2v) is 4.64. The first-order chi connectivity index (χ1) is 9.08. The fraction of sp³-hybridized carbons (Fsp3) is 0.167. The third-order valence-electron chi connectivity index (χ3n) is 2.59. The van der Waals surface area contributed by atoms with E-state index in [-0.39, 0.29) is 17.6 Å². The molecule has 1 amide bonds. The summed E-state index contributed by atoms with van der Waals surface area (Å²) in [5.41, 5.74) is 2.61. The van der Waals surface area contributed by atoms with E-state index in [0.717, 1.165) is 0 Å². The van der Waals surface area contributed by atoms with Gasteiger partial charge in [0.2, 0.25) is 0 Å². The highest BCUT2D eigenvalue weighted by Crippen LogP contribution is 2.19. The number of non-ortho nitro benzene ring substituents is 1. The quantitative estimate of drug-likeness (QED) is 0.687. The lowest BCUT2D eigenvalue weighted by atomic mass is 10.1. The van der Waals surface area contributed by atoms with Gasteiger partial charge in [-0.25, -0.2) is 4.98 Å². The Morgan fingerprint density at radius 2 is 2.32 bits per heavy atom. The van der Waals surface area contributed by atoms with Crippen LogP contribution < -0.4 is 5.32 Å². The molecule has 1 N–H and O–H groups in total. The van der Waals surface area contributed by atoms with E-state index in [9.17, 15) is 14.9 Å². The number of amides is 1. The van der Waals surface area contributed by atoms with Crippen molar-refractivity contribution in [3.05, 3.63) is 56.5 Å². The van der Waals surface area contributed by atoms with Crippen molar-refractivity contribution in [2.24, 2.45) is 0 Å². The molecule has 0 spiro atoms. The van der Waals surface area contributed by atoms with Crippen LogP contribution in [-0.4, -0.2) is 15.8 Å². The molecule has 0 aliphatic rings. The fourth-order valence-corrected chi connectivity index (χ4v) is 2.12. The monoisotopic (exact) mass is 277 g/mol. The highest BCUT2D eigenvalue weighted by molar-refractivity contribution is 7.07. The summed E-state index contributed by atoms with van der Waals surface area (Å²) < 4.78 is 0. The van der Waals surface area contributed by atoms with Crippen LogP contribution in [0.25, 0.3) is 0 Å². The summed E-state index contributed by atoms with van der Waals surface area (Å²) in [5.74, 6) is -0.291. The number of nitro groups is 1. The largest absolute Gasteiger partial charge is 0.344 e. The normalized spacial score (nSPS) is 11.8. The molecule has 0 aliphatic heterocycles. The molecule has 1 unspecified atom stereocenters. The molecule has 0 saturated carbocycles. The fourth-order valence-electron chi connectivity index (χ4n) is 1.59. The van der Waals surface area contributed by atoms with E-state index in [1.807, 2.05) is 0 Å². The van der Waals surface area contributed by atoms with Gasteiger partial charge in [0.15, 0.2) is 0 Å². The van der Waals surface area contributed by atoms with Crippen LogP contribution in [0.15, 0.2) is 35.2 Å². The minimum Gasteiger partial charge on any atom is -0.344 e. The summed E-state index contributed by atoms with van der Waals surface area (Å²) in [4.78, 5) is 25.9. The van der Waals surface area contributed by atoms with Crippen LogP contribution in [0, 0.1) is 10.1 Å². The molecule has 19 heavy (non-hydrogen) atoms. The standard InChI is InChI=1S/C12H11N3O3S/c1-8(14-12(16)11-6-19-7-13-11)9-3-2-4-10(5-9)15(17)18/h2-8H,1H3,(H,14,16). The van der Waals surface area contributed by atoms with Crippen LogP contribution in [0.2, 0.25) is 0 Å². The number of nitro benzene ring substituents is 1. The Labute approximate surface area is 113 Å². The molecule has 2 rings (SSSR count). The molecule has 1 heterocycles. The van der Waals surface area contributed by atoms with Crippen molar-refractivity contribution in [3.63, 3.8) is 0 Å². The van der Waals surface area contributed by atoms with E-state index < -0.39 is 4.92 Å². The van der Waals surface area contributed by atoms with Crippen LogP contribution in [0.3, 0.4) is 0 Å². The van der Waals surface area contributed by atoms with E-state index in [2.05, 4.69) is 10.3 Å². The Kier molecular flexibility index (Phi) is 3.86. The predicted molar refractivity (Wildman–Crippen MR) is 71.1 cm³/mol. The molecule has 1 aromatic carbocycles. The molecule has 1 aromatic heterocycles. The van der Waals surface area contributed by atoms with Gasteiger partial charge in [0.1, 0.15) is 5.69 Å². The summed E-state index contributed by atoms with van der Waals surface area (Å²) >= 11 is 1.34. The van der Waals surface area contributed by atoms with Crippen LogP contribution in [0.5, 0.6) is 0 Å². The molecule has 1 atom stereocenters. The number of benzene rings is 1. The third-order valence-corrected chi connectivity index (χ3v) is 3.18. The number of nitrogens with one attached hydrogen (secondary N) is 1. The van der Waals surface area contributed by atoms with E-state index in [1.165, 1.54) is 23.5 Å². The van der Waals surface area contributed by atoms with Gasteiger partial charge in [0.25, 0.3) is 11.6 Å². The number of thiazole rings is 1. The van der Waals surface area contributed by atoms with Gasteiger partial charge in [-0.15, -0.1) is 11.3 Å². The van der Waals surface area contributed by atoms with Crippen molar-refractivity contribution >= 4 is 22.9 Å². The Hall–Kier alpha value is -2.28. The highest BCUT2D eigenvalue weighted by Gasteiger charge is 2.15. The summed E-state index contributed by atoms with van der Waals surface area (Å²) in [6, 6.07) is 5.87. The number of nitrogens with zero attached hydrogens (tertiary/aromatic N) is 2. The maximum atomic E-state index is 11.8. The molecule has 98 valence electrons. The Balaban J connectivity index is 2.11. The summed E-state index contributed by atoms with van der Waals surface area (Å²) in [6.45, 7) is 1.77. The van der Waals surface area contributed by atoms with E-state index >= 15 is 0 Å². The number of aromatic nitrogens is 1. The summed E-state index contributed by atoms with van der Waals surface area (Å²) in [6.07, 6.45) is 0. The molecule has 0 saturated heterocycles. The maximum absolute atomic E-state index is 11.8. The lowest BCUT2D eigenvalue weighted by Gasteiger charge is -2.13. The summed E-state index contributed by atoms with van der Waals surface area (Å²) in [7, 11) is 0. The van der Waals surface area contributed by atoms with Gasteiger partial charge in [0.05, 0.1) is 16.5 Å². The minimum atomic E-state index is -0.460. The Morgan fingerprint density at radius 1 is 1.53 bits per heavy atom. The highest BCUT2D eigenvalue weighted by atomic mass is 32.1. The van der Waals surface area contributed by atoms with Gasteiger partial charge in [-0.05, 0) is 12.5 Å². The number of carbonyl (C=O) groups excluding carboxylic acids is 1. The zero-order valence-corrected chi connectivity index (χ0v) is 10.9. The van der Waals surface area contributed by atoms with Crippen LogP contribution in [-0.2, 0) is 0 Å². The number of rotatable bonds is 4. The van der Waals surface area contributed by atoms with Gasteiger partial charge >= 0.3 is 0 Å². The first-order valence-corrected chi connectivity index (χ1v) is 6.45. The molecule has 0 bridgehead atoms. The smallest absolute Gasteiger partial charge is 0.271 e. The van der Waals surface area contributed by atoms with Gasteiger partial charge in [-0.3, -0.25) is 14.9 Å². The maximum Gasteiger partial charge on any atom is 0.271 e. The van der Waals surface area contributed by atoms with Gasteiger partial charge in [-0.2, -0.15) is 0 Å². The lowest BCUT2D eigenvalue weighted by molar-refractivity contribution is -0.384. The average Bonchev–Trinajstić information content (AvgIpc) is 2.92. The number of carbonyl (C=O) groups is 1. The molecule has 0 radical (unpaired) electrons.